The van der Waals surface area contributed by atoms with Crippen LogP contribution in [0.2, 0.25) is 0 Å². The summed E-state index contributed by atoms with van der Waals surface area (Å²) in [5.74, 6) is 0. The van der Waals surface area contributed by atoms with Gasteiger partial charge in [0.2, 0.25) is 0 Å². The van der Waals surface area contributed by atoms with Gasteiger partial charge >= 0.3 is 0 Å². The molecule has 0 amide bonds. The van der Waals surface area contributed by atoms with Gasteiger partial charge in [0.05, 0.1) is 5.69 Å². The molecule has 1 aliphatic heterocycles. The van der Waals surface area contributed by atoms with Crippen LogP contribution >= 0.6 is 15.9 Å². The highest BCUT2D eigenvalue weighted by Crippen LogP contribution is 2.23. The van der Waals surface area contributed by atoms with E-state index in [0.717, 1.165) is 15.7 Å². The number of aliphatic imine (C=N–C) groups is 1. The molecule has 0 saturated carbocycles. The van der Waals surface area contributed by atoms with Crippen LogP contribution in [0.5, 0.6) is 0 Å². The number of aryl methyl sites for hydroxylation is 1. The molecule has 1 heterocycles. The van der Waals surface area contributed by atoms with E-state index in [2.05, 4.69) is 63.1 Å². The van der Waals surface area contributed by atoms with Crippen LogP contribution in [-0.2, 0) is 0 Å². The number of halogens is 1. The molecule has 108 valence electrons. The van der Waals surface area contributed by atoms with Crippen LogP contribution in [0.1, 0.15) is 24.0 Å². The predicted molar refractivity (Wildman–Crippen MR) is 94.0 cm³/mol. The monoisotopic (exact) mass is 342 g/mol. The van der Waals surface area contributed by atoms with E-state index >= 15 is 0 Å². The van der Waals surface area contributed by atoms with E-state index in [-0.39, 0.29) is 0 Å². The highest BCUT2D eigenvalue weighted by atomic mass is 79.9. The third kappa shape index (κ3) is 3.53. The second kappa shape index (κ2) is 6.44. The molecule has 0 N–H and O–H groups in total. The molecular weight excluding hydrogens is 324 g/mol. The number of nitrogens with zero attached hydrogens (tertiary/aromatic N) is 2. The largest absolute Gasteiger partial charge is 0.372 e. The van der Waals surface area contributed by atoms with E-state index in [4.69, 9.17) is 0 Å². The maximum Gasteiger partial charge on any atom is 0.0659 e. The fourth-order valence-corrected chi connectivity index (χ4v) is 3.13. The number of anilines is 1. The predicted octanol–water partition coefficient (Wildman–Crippen LogP) is 5.11. The zero-order valence-corrected chi connectivity index (χ0v) is 13.8. The molecule has 2 aromatic carbocycles. The topological polar surface area (TPSA) is 15.6 Å². The smallest absolute Gasteiger partial charge is 0.0659 e. The summed E-state index contributed by atoms with van der Waals surface area (Å²) in [6.07, 6.45) is 4.56. The minimum Gasteiger partial charge on any atom is -0.372 e. The molecule has 21 heavy (non-hydrogen) atoms. The van der Waals surface area contributed by atoms with E-state index in [1.54, 1.807) is 0 Å². The van der Waals surface area contributed by atoms with Crippen LogP contribution in [0, 0.1) is 6.92 Å². The molecule has 3 heteroatoms. The maximum atomic E-state index is 4.58. The van der Waals surface area contributed by atoms with Crippen molar-refractivity contribution in [1.29, 1.82) is 0 Å². The van der Waals surface area contributed by atoms with E-state index < -0.39 is 0 Å². The van der Waals surface area contributed by atoms with Gasteiger partial charge in [-0.1, -0.05) is 28.1 Å². The van der Waals surface area contributed by atoms with Crippen LogP contribution in [0.3, 0.4) is 0 Å². The summed E-state index contributed by atoms with van der Waals surface area (Å²) in [5, 5.41) is 0. The highest BCUT2D eigenvalue weighted by Gasteiger charge is 2.11. The lowest BCUT2D eigenvalue weighted by Gasteiger charge is -2.17. The zero-order valence-electron chi connectivity index (χ0n) is 12.2. The van der Waals surface area contributed by atoms with Gasteiger partial charge in [-0.3, -0.25) is 4.99 Å². The van der Waals surface area contributed by atoms with Crippen LogP contribution in [0.15, 0.2) is 51.9 Å². The molecule has 0 aliphatic carbocycles. The molecule has 2 aromatic rings. The molecule has 0 aromatic heterocycles. The molecule has 1 aliphatic rings. The van der Waals surface area contributed by atoms with Gasteiger partial charge < -0.3 is 4.90 Å². The lowest BCUT2D eigenvalue weighted by molar-refractivity contribution is 0.949. The minimum atomic E-state index is 1.02. The Morgan fingerprint density at radius 3 is 2.43 bits per heavy atom. The lowest BCUT2D eigenvalue weighted by atomic mass is 10.2. The molecule has 3 rings (SSSR count). The third-order valence-corrected chi connectivity index (χ3v) is 4.37. The van der Waals surface area contributed by atoms with Gasteiger partial charge in [-0.25, -0.2) is 0 Å². The van der Waals surface area contributed by atoms with Crippen molar-refractivity contribution < 1.29 is 0 Å². The van der Waals surface area contributed by atoms with Gasteiger partial charge in [0, 0.05) is 29.5 Å². The van der Waals surface area contributed by atoms with E-state index in [1.807, 2.05) is 18.3 Å². The van der Waals surface area contributed by atoms with Crippen molar-refractivity contribution >= 4 is 33.5 Å². The van der Waals surface area contributed by atoms with Gasteiger partial charge in [0.15, 0.2) is 0 Å². The van der Waals surface area contributed by atoms with Gasteiger partial charge in [0.25, 0.3) is 0 Å². The number of benzene rings is 2. The number of rotatable bonds is 3. The van der Waals surface area contributed by atoms with Crippen molar-refractivity contribution in [2.75, 3.05) is 18.0 Å². The molecule has 0 radical (unpaired) electrons. The second-order valence-electron chi connectivity index (χ2n) is 5.47. The maximum absolute atomic E-state index is 4.58. The van der Waals surface area contributed by atoms with Crippen LogP contribution in [0.25, 0.3) is 0 Å². The number of hydrogen-bond acceptors (Lipinski definition) is 2. The molecule has 2 nitrogen and oxygen atoms in total. The van der Waals surface area contributed by atoms with E-state index in [0.29, 0.717) is 0 Å². The molecule has 1 saturated heterocycles. The van der Waals surface area contributed by atoms with Crippen LogP contribution < -0.4 is 4.90 Å². The first-order valence-corrected chi connectivity index (χ1v) is 8.17. The molecular formula is C18H19BrN2. The van der Waals surface area contributed by atoms with Crippen molar-refractivity contribution in [3.8, 4) is 0 Å². The number of hydrogen-bond donors (Lipinski definition) is 0. The average Bonchev–Trinajstić information content (AvgIpc) is 3.01. The van der Waals surface area contributed by atoms with E-state index in [1.165, 1.54) is 37.2 Å². The minimum absolute atomic E-state index is 1.02. The summed E-state index contributed by atoms with van der Waals surface area (Å²) < 4.78 is 1.09. The van der Waals surface area contributed by atoms with Gasteiger partial charge in [-0.2, -0.15) is 0 Å². The van der Waals surface area contributed by atoms with Crippen molar-refractivity contribution in [3.63, 3.8) is 0 Å². The normalized spacial score (nSPS) is 15.0. The van der Waals surface area contributed by atoms with Crippen molar-refractivity contribution in [2.24, 2.45) is 4.99 Å². The van der Waals surface area contributed by atoms with Gasteiger partial charge in [-0.15, -0.1) is 0 Å². The Balaban J connectivity index is 1.73. The van der Waals surface area contributed by atoms with Crippen LogP contribution in [-0.4, -0.2) is 19.3 Å². The van der Waals surface area contributed by atoms with Crippen molar-refractivity contribution in [2.45, 2.75) is 19.8 Å². The SMILES string of the molecule is Cc1cc(Br)ccc1N=Cc1ccc(N2CCCC2)cc1. The lowest BCUT2D eigenvalue weighted by Crippen LogP contribution is -2.17. The molecule has 0 atom stereocenters. The standard InChI is InChI=1S/C18H19BrN2/c1-14-12-16(19)6-9-18(14)20-13-15-4-7-17(8-5-15)21-10-2-3-11-21/h4-9,12-13H,2-3,10-11H2,1H3. The Bertz CT molecular complexity index is 641. The molecule has 1 fully saturated rings. The van der Waals surface area contributed by atoms with Gasteiger partial charge in [0.1, 0.15) is 0 Å². The fraction of sp³-hybridized carbons (Fsp3) is 0.278. The molecule has 0 spiro atoms. The third-order valence-electron chi connectivity index (χ3n) is 3.88. The van der Waals surface area contributed by atoms with E-state index in [9.17, 15) is 0 Å². The summed E-state index contributed by atoms with van der Waals surface area (Å²) in [6.45, 7) is 4.45. The Morgan fingerprint density at radius 2 is 1.76 bits per heavy atom. The van der Waals surface area contributed by atoms with Crippen molar-refractivity contribution in [3.05, 3.63) is 58.1 Å². The summed E-state index contributed by atoms with van der Waals surface area (Å²) in [6, 6.07) is 14.8. The Labute approximate surface area is 134 Å². The quantitative estimate of drug-likeness (QED) is 0.707. The highest BCUT2D eigenvalue weighted by molar-refractivity contribution is 9.10. The van der Waals surface area contributed by atoms with Crippen molar-refractivity contribution in [1.82, 2.24) is 0 Å². The van der Waals surface area contributed by atoms with Gasteiger partial charge in [-0.05, 0) is 61.2 Å². The Kier molecular flexibility index (Phi) is 4.39. The first-order chi connectivity index (χ1) is 10.2. The summed E-state index contributed by atoms with van der Waals surface area (Å²) in [5.41, 5.74) is 4.65. The second-order valence-corrected chi connectivity index (χ2v) is 6.39. The molecule has 0 bridgehead atoms. The summed E-state index contributed by atoms with van der Waals surface area (Å²) >= 11 is 3.48. The fourth-order valence-electron chi connectivity index (χ4n) is 2.65. The first kappa shape index (κ1) is 14.3. The van der Waals surface area contributed by atoms with Crippen LogP contribution in [0.4, 0.5) is 11.4 Å². The zero-order chi connectivity index (χ0) is 14.7. The first-order valence-electron chi connectivity index (χ1n) is 7.37. The Hall–Kier alpha value is -1.61. The average molecular weight is 343 g/mol. The Morgan fingerprint density at radius 1 is 1.05 bits per heavy atom. The summed E-state index contributed by atoms with van der Waals surface area (Å²) in [7, 11) is 0. The molecule has 0 unspecified atom stereocenters. The summed E-state index contributed by atoms with van der Waals surface area (Å²) in [4.78, 5) is 7.03.